The minimum absolute atomic E-state index is 0.0227. The normalized spacial score (nSPS) is 20.7. The minimum Gasteiger partial charge on any atom is -0.490 e. The third kappa shape index (κ3) is 9.28. The standard InChI is InChI=1S/C34H46ClNO3/c1-5-6-7-8-9-20-34(24-36)21-18-30(19-22-34)28-12-10-27(11-13-28)29-14-16-31(17-15-29)38-23-26(4)39-33(37)32(35)25(2)3/h10-17,25-26,30,32H,5-9,18-23H2,1-4H3. The number of alkyl halides is 1. The zero-order valence-corrected chi connectivity index (χ0v) is 25.0. The second kappa shape index (κ2) is 15.3. The van der Waals surface area contributed by atoms with Gasteiger partial charge in [0.15, 0.2) is 0 Å². The van der Waals surface area contributed by atoms with Crippen LogP contribution in [0.5, 0.6) is 5.75 Å². The first-order valence-electron chi connectivity index (χ1n) is 14.9. The van der Waals surface area contributed by atoms with Crippen molar-refractivity contribution in [2.24, 2.45) is 11.3 Å². The maximum atomic E-state index is 12.0. The molecule has 0 aliphatic heterocycles. The summed E-state index contributed by atoms with van der Waals surface area (Å²) in [5.41, 5.74) is 3.58. The van der Waals surface area contributed by atoms with Gasteiger partial charge in [0.05, 0.1) is 11.5 Å². The Labute approximate surface area is 241 Å². The van der Waals surface area contributed by atoms with Crippen LogP contribution >= 0.6 is 11.6 Å². The number of nitriles is 1. The van der Waals surface area contributed by atoms with Crippen LogP contribution in [0.25, 0.3) is 11.1 Å². The molecule has 0 amide bonds. The molecule has 39 heavy (non-hydrogen) atoms. The first-order valence-corrected chi connectivity index (χ1v) is 15.3. The fraction of sp³-hybridized carbons (Fsp3) is 0.588. The van der Waals surface area contributed by atoms with Crippen molar-refractivity contribution in [1.82, 2.24) is 0 Å². The van der Waals surface area contributed by atoms with Crippen molar-refractivity contribution in [3.8, 4) is 22.9 Å². The number of rotatable bonds is 14. The molecule has 0 spiro atoms. The molecule has 1 aliphatic rings. The van der Waals surface area contributed by atoms with E-state index in [1.54, 1.807) is 6.92 Å². The lowest BCUT2D eigenvalue weighted by Crippen LogP contribution is -2.29. The number of halogens is 1. The van der Waals surface area contributed by atoms with Gasteiger partial charge in [-0.15, -0.1) is 11.6 Å². The van der Waals surface area contributed by atoms with Gasteiger partial charge in [0.1, 0.15) is 23.8 Å². The van der Waals surface area contributed by atoms with Gasteiger partial charge in [0.2, 0.25) is 0 Å². The lowest BCUT2D eigenvalue weighted by molar-refractivity contribution is -0.149. The average molecular weight is 552 g/mol. The van der Waals surface area contributed by atoms with Crippen molar-refractivity contribution < 1.29 is 14.3 Å². The number of ether oxygens (including phenoxy) is 2. The van der Waals surface area contributed by atoms with E-state index >= 15 is 0 Å². The smallest absolute Gasteiger partial charge is 0.324 e. The second-order valence-corrected chi connectivity index (χ2v) is 12.2. The van der Waals surface area contributed by atoms with Gasteiger partial charge in [-0.25, -0.2) is 0 Å². The fourth-order valence-electron chi connectivity index (χ4n) is 5.46. The van der Waals surface area contributed by atoms with E-state index in [0.717, 1.165) is 43.4 Å². The summed E-state index contributed by atoms with van der Waals surface area (Å²) in [4.78, 5) is 12.0. The number of carbonyl (C=O) groups excluding carboxylic acids is 1. The molecule has 3 rings (SSSR count). The molecule has 0 saturated heterocycles. The van der Waals surface area contributed by atoms with Crippen LogP contribution in [-0.4, -0.2) is 24.1 Å². The number of hydrogen-bond donors (Lipinski definition) is 0. The molecule has 2 unspecified atom stereocenters. The van der Waals surface area contributed by atoms with E-state index in [9.17, 15) is 10.1 Å². The lowest BCUT2D eigenvalue weighted by atomic mass is 9.67. The van der Waals surface area contributed by atoms with E-state index in [0.29, 0.717) is 5.92 Å². The third-order valence-corrected chi connectivity index (χ3v) is 8.80. The van der Waals surface area contributed by atoms with Crippen LogP contribution in [0.1, 0.15) is 103 Å². The first kappa shape index (κ1) is 31.0. The Hall–Kier alpha value is -2.51. The predicted molar refractivity (Wildman–Crippen MR) is 160 cm³/mol. The Bertz CT molecular complexity index is 1050. The van der Waals surface area contributed by atoms with E-state index < -0.39 is 11.3 Å². The highest BCUT2D eigenvalue weighted by molar-refractivity contribution is 6.30. The number of benzene rings is 2. The topological polar surface area (TPSA) is 59.3 Å². The first-order chi connectivity index (χ1) is 18.8. The zero-order valence-electron chi connectivity index (χ0n) is 24.3. The number of hydrogen-bond acceptors (Lipinski definition) is 4. The van der Waals surface area contributed by atoms with Gasteiger partial charge in [-0.1, -0.05) is 89.3 Å². The van der Waals surface area contributed by atoms with Crippen LogP contribution < -0.4 is 4.74 Å². The highest BCUT2D eigenvalue weighted by atomic mass is 35.5. The Kier molecular flexibility index (Phi) is 12.2. The molecule has 5 heteroatoms. The molecule has 1 fully saturated rings. The molecule has 0 bridgehead atoms. The lowest BCUT2D eigenvalue weighted by Gasteiger charge is -2.35. The van der Waals surface area contributed by atoms with Crippen LogP contribution in [0.15, 0.2) is 48.5 Å². The molecule has 1 saturated carbocycles. The molecule has 4 nitrogen and oxygen atoms in total. The van der Waals surface area contributed by atoms with Crippen molar-refractivity contribution in [1.29, 1.82) is 5.26 Å². The second-order valence-electron chi connectivity index (χ2n) is 11.7. The third-order valence-electron chi connectivity index (χ3n) is 8.12. The summed E-state index contributed by atoms with van der Waals surface area (Å²) in [6.07, 6.45) is 11.2. The zero-order chi connectivity index (χ0) is 28.3. The molecule has 1 aliphatic carbocycles. The quantitative estimate of drug-likeness (QED) is 0.133. The highest BCUT2D eigenvalue weighted by Crippen LogP contribution is 2.46. The monoisotopic (exact) mass is 551 g/mol. The van der Waals surface area contributed by atoms with Gasteiger partial charge in [0.25, 0.3) is 0 Å². The molecule has 0 radical (unpaired) electrons. The summed E-state index contributed by atoms with van der Waals surface area (Å²) < 4.78 is 11.2. The number of carbonyl (C=O) groups is 1. The number of nitrogens with zero attached hydrogens (tertiary/aromatic N) is 1. The van der Waals surface area contributed by atoms with Crippen molar-refractivity contribution in [3.63, 3.8) is 0 Å². The van der Waals surface area contributed by atoms with E-state index in [-0.39, 0.29) is 24.0 Å². The molecule has 0 aromatic heterocycles. The SMILES string of the molecule is CCCCCCCC1(C#N)CCC(c2ccc(-c3ccc(OCC(C)OC(=O)C(Cl)C(C)C)cc3)cc2)CC1. The summed E-state index contributed by atoms with van der Waals surface area (Å²) in [6, 6.07) is 19.6. The van der Waals surface area contributed by atoms with Crippen molar-refractivity contribution >= 4 is 17.6 Å². The van der Waals surface area contributed by atoms with Crippen LogP contribution in [0.2, 0.25) is 0 Å². The van der Waals surface area contributed by atoms with Gasteiger partial charge in [-0.05, 0) is 79.7 Å². The molecule has 2 aromatic carbocycles. The van der Waals surface area contributed by atoms with Crippen LogP contribution in [0.3, 0.4) is 0 Å². The van der Waals surface area contributed by atoms with Crippen LogP contribution in [0.4, 0.5) is 0 Å². The summed E-state index contributed by atoms with van der Waals surface area (Å²) in [7, 11) is 0. The van der Waals surface area contributed by atoms with E-state index in [1.165, 1.54) is 43.2 Å². The van der Waals surface area contributed by atoms with Gasteiger partial charge in [-0.3, -0.25) is 4.79 Å². The molecular weight excluding hydrogens is 506 g/mol. The average Bonchev–Trinajstić information content (AvgIpc) is 2.96. The maximum absolute atomic E-state index is 12.0. The summed E-state index contributed by atoms with van der Waals surface area (Å²) in [5.74, 6) is 0.895. The molecule has 2 aromatic rings. The van der Waals surface area contributed by atoms with Crippen molar-refractivity contribution in [2.45, 2.75) is 109 Å². The van der Waals surface area contributed by atoms with E-state index in [4.69, 9.17) is 21.1 Å². The van der Waals surface area contributed by atoms with Crippen molar-refractivity contribution in [2.75, 3.05) is 6.61 Å². The van der Waals surface area contributed by atoms with E-state index in [1.807, 2.05) is 26.0 Å². The summed E-state index contributed by atoms with van der Waals surface area (Å²) in [6.45, 7) is 8.10. The van der Waals surface area contributed by atoms with Gasteiger partial charge >= 0.3 is 5.97 Å². The number of esters is 1. The van der Waals surface area contributed by atoms with Gasteiger partial charge in [0, 0.05) is 0 Å². The largest absolute Gasteiger partial charge is 0.490 e. The highest BCUT2D eigenvalue weighted by Gasteiger charge is 2.35. The fourth-order valence-corrected chi connectivity index (χ4v) is 5.51. The van der Waals surface area contributed by atoms with E-state index in [2.05, 4.69) is 49.4 Å². The Morgan fingerprint density at radius 1 is 0.974 bits per heavy atom. The van der Waals surface area contributed by atoms with Crippen LogP contribution in [0, 0.1) is 22.7 Å². The van der Waals surface area contributed by atoms with Gasteiger partial charge < -0.3 is 9.47 Å². The molecule has 0 N–H and O–H groups in total. The summed E-state index contributed by atoms with van der Waals surface area (Å²) >= 11 is 6.08. The minimum atomic E-state index is -0.646. The Morgan fingerprint density at radius 3 is 2.13 bits per heavy atom. The molecule has 212 valence electrons. The Morgan fingerprint density at radius 2 is 1.56 bits per heavy atom. The molecule has 0 heterocycles. The van der Waals surface area contributed by atoms with Crippen molar-refractivity contribution in [3.05, 3.63) is 54.1 Å². The summed E-state index contributed by atoms with van der Waals surface area (Å²) in [5, 5.41) is 9.29. The van der Waals surface area contributed by atoms with Gasteiger partial charge in [-0.2, -0.15) is 5.26 Å². The Balaban J connectivity index is 1.47. The molecule has 2 atom stereocenters. The van der Waals surface area contributed by atoms with Crippen LogP contribution in [-0.2, 0) is 9.53 Å². The number of unbranched alkanes of at least 4 members (excludes halogenated alkanes) is 4. The molecular formula is C34H46ClNO3. The predicted octanol–water partition coefficient (Wildman–Crippen LogP) is 9.46. The maximum Gasteiger partial charge on any atom is 0.324 e.